The van der Waals surface area contributed by atoms with Crippen LogP contribution in [0.1, 0.15) is 0 Å². The summed E-state index contributed by atoms with van der Waals surface area (Å²) in [5, 5.41) is 44.4. The van der Waals surface area contributed by atoms with Crippen LogP contribution in [0.3, 0.4) is 0 Å². The Morgan fingerprint density at radius 1 is 1.21 bits per heavy atom. The minimum atomic E-state index is -1.98. The van der Waals surface area contributed by atoms with Gasteiger partial charge in [-0.15, -0.1) is 0 Å². The molecule has 0 bridgehead atoms. The molecule has 0 spiro atoms. The predicted molar refractivity (Wildman–Crippen MR) is 43.4 cm³/mol. The lowest BCUT2D eigenvalue weighted by Crippen LogP contribution is -2.52. The number of rotatable bonds is 5. The van der Waals surface area contributed by atoms with Crippen molar-refractivity contribution in [3.05, 3.63) is 0 Å². The zero-order valence-electron chi connectivity index (χ0n) is 7.24. The van der Waals surface area contributed by atoms with Gasteiger partial charge < -0.3 is 25.5 Å². The van der Waals surface area contributed by atoms with Gasteiger partial charge in [0.15, 0.2) is 6.10 Å². The Balaban J connectivity index is 4.30. The molecular weight excluding hydrogens is 196 g/mol. The molecule has 0 aliphatic carbocycles. The molecule has 0 aromatic carbocycles. The molecule has 1 amide bonds. The van der Waals surface area contributed by atoms with Gasteiger partial charge in [-0.05, 0) is 0 Å². The first-order valence-corrected chi connectivity index (χ1v) is 3.79. The van der Waals surface area contributed by atoms with Crippen molar-refractivity contribution in [2.75, 3.05) is 6.61 Å². The highest BCUT2D eigenvalue weighted by Gasteiger charge is 2.33. The van der Waals surface area contributed by atoms with Crippen molar-refractivity contribution in [1.82, 2.24) is 5.43 Å². The fraction of sp³-hybridized carbons (Fsp3) is 0.833. The maximum absolute atomic E-state index is 10.7. The van der Waals surface area contributed by atoms with Gasteiger partial charge in [-0.2, -0.15) is 0 Å². The molecule has 0 rings (SSSR count). The van der Waals surface area contributed by atoms with Crippen molar-refractivity contribution in [2.45, 2.75) is 24.4 Å². The maximum atomic E-state index is 10.7. The molecule has 0 fully saturated rings. The molecule has 0 saturated carbocycles. The third kappa shape index (κ3) is 3.18. The SMILES string of the molecule is NNC(=O)[C@@H](O)[C@@H](O)[C@@H](O)[C@@H](O)CO. The monoisotopic (exact) mass is 210 g/mol. The number of hydrogen-bond donors (Lipinski definition) is 7. The Bertz CT molecular complexity index is 189. The van der Waals surface area contributed by atoms with Gasteiger partial charge in [0.25, 0.3) is 5.91 Å². The highest BCUT2D eigenvalue weighted by atomic mass is 16.4. The third-order valence-corrected chi connectivity index (χ3v) is 1.67. The van der Waals surface area contributed by atoms with E-state index < -0.39 is 36.9 Å². The number of amides is 1. The average Bonchev–Trinajstić information content (AvgIpc) is 2.23. The van der Waals surface area contributed by atoms with Crippen molar-refractivity contribution in [3.8, 4) is 0 Å². The van der Waals surface area contributed by atoms with Gasteiger partial charge in [-0.1, -0.05) is 0 Å². The van der Waals surface area contributed by atoms with Gasteiger partial charge in [0.2, 0.25) is 0 Å². The van der Waals surface area contributed by atoms with E-state index in [1.165, 1.54) is 0 Å². The summed E-state index contributed by atoms with van der Waals surface area (Å²) in [7, 11) is 0. The van der Waals surface area contributed by atoms with Crippen LogP contribution in [-0.2, 0) is 4.79 Å². The van der Waals surface area contributed by atoms with Gasteiger partial charge in [0.05, 0.1) is 6.61 Å². The molecule has 0 saturated heterocycles. The summed E-state index contributed by atoms with van der Waals surface area (Å²) in [6.07, 6.45) is -7.39. The van der Waals surface area contributed by atoms with Crippen LogP contribution in [0.15, 0.2) is 0 Å². The van der Waals surface area contributed by atoms with E-state index in [1.54, 1.807) is 5.43 Å². The third-order valence-electron chi connectivity index (χ3n) is 1.67. The lowest BCUT2D eigenvalue weighted by Gasteiger charge is -2.24. The van der Waals surface area contributed by atoms with Crippen molar-refractivity contribution in [1.29, 1.82) is 0 Å². The Labute approximate surface area is 79.6 Å². The summed E-state index contributed by atoms with van der Waals surface area (Å²) < 4.78 is 0. The van der Waals surface area contributed by atoms with E-state index in [4.69, 9.17) is 25.5 Å². The highest BCUT2D eigenvalue weighted by molar-refractivity contribution is 5.80. The van der Waals surface area contributed by atoms with Crippen LogP contribution in [0.2, 0.25) is 0 Å². The lowest BCUT2D eigenvalue weighted by molar-refractivity contribution is -0.148. The van der Waals surface area contributed by atoms with Crippen LogP contribution in [0.5, 0.6) is 0 Å². The number of nitrogens with one attached hydrogen (secondary N) is 1. The number of nitrogens with two attached hydrogens (primary N) is 1. The molecule has 0 aliphatic rings. The van der Waals surface area contributed by atoms with E-state index in [0.29, 0.717) is 0 Å². The molecule has 0 aliphatic heterocycles. The number of carbonyl (C=O) groups excluding carboxylic acids is 1. The molecule has 0 aromatic rings. The molecule has 8 heteroatoms. The summed E-state index contributed by atoms with van der Waals surface area (Å²) in [5.41, 5.74) is 1.55. The Morgan fingerprint density at radius 2 is 1.71 bits per heavy atom. The first-order chi connectivity index (χ1) is 6.45. The second-order valence-electron chi connectivity index (χ2n) is 2.68. The van der Waals surface area contributed by atoms with Gasteiger partial charge in [0, 0.05) is 0 Å². The van der Waals surface area contributed by atoms with E-state index in [2.05, 4.69) is 5.84 Å². The number of hydrogen-bond acceptors (Lipinski definition) is 7. The van der Waals surface area contributed by atoms with Crippen LogP contribution in [0.25, 0.3) is 0 Å². The van der Waals surface area contributed by atoms with Gasteiger partial charge >= 0.3 is 0 Å². The highest BCUT2D eigenvalue weighted by Crippen LogP contribution is 2.04. The molecule has 8 nitrogen and oxygen atoms in total. The van der Waals surface area contributed by atoms with Crippen molar-refractivity contribution in [2.24, 2.45) is 5.84 Å². The summed E-state index contributed by atoms with van der Waals surface area (Å²) in [6.45, 7) is -0.810. The predicted octanol–water partition coefficient (Wildman–Crippen LogP) is -4.59. The van der Waals surface area contributed by atoms with Crippen LogP contribution >= 0.6 is 0 Å². The quantitative estimate of drug-likeness (QED) is 0.137. The Hall–Kier alpha value is -0.770. The Morgan fingerprint density at radius 3 is 2.07 bits per heavy atom. The number of aliphatic hydroxyl groups excluding tert-OH is 5. The largest absolute Gasteiger partial charge is 0.394 e. The summed E-state index contributed by atoms with van der Waals surface area (Å²) in [4.78, 5) is 10.7. The topological polar surface area (TPSA) is 156 Å². The van der Waals surface area contributed by atoms with Gasteiger partial charge in [-0.3, -0.25) is 10.2 Å². The Kier molecular flexibility index (Phi) is 5.53. The normalized spacial score (nSPS) is 19.6. The van der Waals surface area contributed by atoms with Crippen molar-refractivity contribution in [3.63, 3.8) is 0 Å². The lowest BCUT2D eigenvalue weighted by atomic mass is 10.0. The molecule has 8 N–H and O–H groups in total. The average molecular weight is 210 g/mol. The van der Waals surface area contributed by atoms with E-state index in [9.17, 15) is 4.79 Å². The standard InChI is InChI=1S/C6H14N2O6/c7-8-6(14)5(13)4(12)3(11)2(10)1-9/h2-5,9-13H,1,7H2,(H,8,14)/t2-,3-,4-,5-/m0/s1. The summed E-state index contributed by atoms with van der Waals surface area (Å²) in [5.74, 6) is 3.55. The molecule has 0 aromatic heterocycles. The van der Waals surface area contributed by atoms with Crippen LogP contribution in [0, 0.1) is 0 Å². The van der Waals surface area contributed by atoms with E-state index in [-0.39, 0.29) is 0 Å². The van der Waals surface area contributed by atoms with Crippen molar-refractivity contribution < 1.29 is 30.3 Å². The van der Waals surface area contributed by atoms with Crippen molar-refractivity contribution >= 4 is 5.91 Å². The van der Waals surface area contributed by atoms with Gasteiger partial charge in [0.1, 0.15) is 18.3 Å². The molecule has 4 atom stereocenters. The molecule has 0 radical (unpaired) electrons. The number of hydrazine groups is 1. The molecule has 0 unspecified atom stereocenters. The fourth-order valence-corrected chi connectivity index (χ4v) is 0.763. The van der Waals surface area contributed by atoms with Gasteiger partial charge in [-0.25, -0.2) is 5.84 Å². The first-order valence-electron chi connectivity index (χ1n) is 3.79. The maximum Gasteiger partial charge on any atom is 0.265 e. The molecule has 0 heterocycles. The first kappa shape index (κ1) is 13.2. The minimum Gasteiger partial charge on any atom is -0.394 e. The fourth-order valence-electron chi connectivity index (χ4n) is 0.763. The van der Waals surface area contributed by atoms with Crippen LogP contribution in [-0.4, -0.2) is 62.5 Å². The van der Waals surface area contributed by atoms with E-state index >= 15 is 0 Å². The summed E-state index contributed by atoms with van der Waals surface area (Å²) in [6, 6.07) is 0. The molecular formula is C6H14N2O6. The van der Waals surface area contributed by atoms with Crippen LogP contribution < -0.4 is 11.3 Å². The number of carbonyl (C=O) groups is 1. The molecule has 14 heavy (non-hydrogen) atoms. The van der Waals surface area contributed by atoms with Crippen LogP contribution in [0.4, 0.5) is 0 Å². The zero-order valence-corrected chi connectivity index (χ0v) is 7.24. The zero-order chi connectivity index (χ0) is 11.3. The molecule has 84 valence electrons. The minimum absolute atomic E-state index is 0.810. The second kappa shape index (κ2) is 5.86. The van der Waals surface area contributed by atoms with E-state index in [0.717, 1.165) is 0 Å². The smallest absolute Gasteiger partial charge is 0.265 e. The number of aliphatic hydroxyl groups is 5. The summed E-state index contributed by atoms with van der Waals surface area (Å²) >= 11 is 0. The second-order valence-corrected chi connectivity index (χ2v) is 2.68. The van der Waals surface area contributed by atoms with E-state index in [1.807, 2.05) is 0 Å².